The smallest absolute Gasteiger partial charge is 0.452 e. The van der Waals surface area contributed by atoms with Crippen molar-refractivity contribution in [2.75, 3.05) is 0 Å². The quantitative estimate of drug-likeness (QED) is 0.613. The van der Waals surface area contributed by atoms with Crippen LogP contribution in [0.4, 0.5) is 9.59 Å². The minimum absolute atomic E-state index is 0.0923. The van der Waals surface area contributed by atoms with Gasteiger partial charge in [-0.15, -0.1) is 0 Å². The predicted molar refractivity (Wildman–Crippen MR) is 76.1 cm³/mol. The van der Waals surface area contributed by atoms with Gasteiger partial charge in [0.25, 0.3) is 0 Å². The van der Waals surface area contributed by atoms with Crippen LogP contribution in [0.5, 0.6) is 0 Å². The Morgan fingerprint density at radius 3 is 2.25 bits per heavy atom. The molecule has 0 heterocycles. The highest BCUT2D eigenvalue weighted by atomic mass is 28.3. The molecule has 7 heteroatoms. The molecule has 6 nitrogen and oxygen atoms in total. The molecule has 1 rings (SSSR count). The van der Waals surface area contributed by atoms with Gasteiger partial charge in [0.05, 0.1) is 0 Å². The molecule has 0 aliphatic carbocycles. The molecule has 0 N–H and O–H groups in total. The summed E-state index contributed by atoms with van der Waals surface area (Å²) in [5, 5.41) is 6.37. The standard InChI is InChI=1S/C13H18N2O4Si/c1-3-20(4-2)19-13(17)15-14-12(16)18-10-11-8-6-5-7-9-11/h5-9,20H,3-4,10H2,1-2H3. The average Bonchev–Trinajstić information content (AvgIpc) is 2.49. The number of hydrogen-bond donors (Lipinski definition) is 0. The third-order valence-electron chi connectivity index (χ3n) is 2.60. The third kappa shape index (κ3) is 6.23. The van der Waals surface area contributed by atoms with Crippen LogP contribution in [0, 0.1) is 0 Å². The molecular formula is C13H18N2O4Si. The summed E-state index contributed by atoms with van der Waals surface area (Å²) in [6.07, 6.45) is -1.72. The number of amides is 2. The van der Waals surface area contributed by atoms with Crippen molar-refractivity contribution in [3.63, 3.8) is 0 Å². The van der Waals surface area contributed by atoms with Crippen molar-refractivity contribution in [1.82, 2.24) is 0 Å². The summed E-state index contributed by atoms with van der Waals surface area (Å²) >= 11 is 0. The zero-order chi connectivity index (χ0) is 14.8. The molecule has 1 aromatic rings. The molecule has 0 aromatic heterocycles. The van der Waals surface area contributed by atoms with Gasteiger partial charge in [0.15, 0.2) is 0 Å². The molecule has 108 valence electrons. The molecule has 1 aromatic carbocycles. The molecule has 0 aliphatic heterocycles. The summed E-state index contributed by atoms with van der Waals surface area (Å²) in [6.45, 7) is 4.01. The molecular weight excluding hydrogens is 276 g/mol. The second kappa shape index (κ2) is 8.97. The van der Waals surface area contributed by atoms with Gasteiger partial charge in [-0.25, -0.2) is 9.59 Å². The van der Waals surface area contributed by atoms with Gasteiger partial charge in [-0.1, -0.05) is 54.4 Å². The molecule has 0 radical (unpaired) electrons. The van der Waals surface area contributed by atoms with Crippen molar-refractivity contribution in [2.45, 2.75) is 32.5 Å². The van der Waals surface area contributed by atoms with E-state index >= 15 is 0 Å². The number of azo groups is 1. The summed E-state index contributed by atoms with van der Waals surface area (Å²) in [6, 6.07) is 10.8. The topological polar surface area (TPSA) is 77.3 Å². The summed E-state index contributed by atoms with van der Waals surface area (Å²) in [7, 11) is -1.53. The van der Waals surface area contributed by atoms with Gasteiger partial charge in [-0.3, -0.25) is 0 Å². The molecule has 0 spiro atoms. The van der Waals surface area contributed by atoms with E-state index in [1.807, 2.05) is 44.2 Å². The van der Waals surface area contributed by atoms with Gasteiger partial charge in [0, 0.05) is 0 Å². The number of benzene rings is 1. The summed E-state index contributed by atoms with van der Waals surface area (Å²) in [4.78, 5) is 22.6. The van der Waals surface area contributed by atoms with Gasteiger partial charge in [0.2, 0.25) is 9.04 Å². The van der Waals surface area contributed by atoms with Crippen molar-refractivity contribution in [3.05, 3.63) is 35.9 Å². The van der Waals surface area contributed by atoms with Crippen LogP contribution < -0.4 is 0 Å². The van der Waals surface area contributed by atoms with E-state index < -0.39 is 21.2 Å². The molecule has 0 fully saturated rings. The normalized spacial score (nSPS) is 10.8. The van der Waals surface area contributed by atoms with E-state index in [9.17, 15) is 9.59 Å². The van der Waals surface area contributed by atoms with E-state index in [0.29, 0.717) is 0 Å². The van der Waals surface area contributed by atoms with E-state index in [1.54, 1.807) is 0 Å². The Hall–Kier alpha value is -2.02. The van der Waals surface area contributed by atoms with Crippen LogP contribution in [0.15, 0.2) is 40.6 Å². The zero-order valence-electron chi connectivity index (χ0n) is 11.6. The second-order valence-corrected chi connectivity index (χ2v) is 7.18. The van der Waals surface area contributed by atoms with Crippen molar-refractivity contribution in [3.8, 4) is 0 Å². The maximum Gasteiger partial charge on any atom is 0.452 e. The highest BCUT2D eigenvalue weighted by molar-refractivity contribution is 6.53. The van der Waals surface area contributed by atoms with E-state index in [1.165, 1.54) is 0 Å². The summed E-state index contributed by atoms with van der Waals surface area (Å²) < 4.78 is 9.93. The first-order valence-electron chi connectivity index (χ1n) is 6.48. The van der Waals surface area contributed by atoms with E-state index in [0.717, 1.165) is 17.7 Å². The highest BCUT2D eigenvalue weighted by Gasteiger charge is 2.12. The summed E-state index contributed by atoms with van der Waals surface area (Å²) in [5.74, 6) is 0. The second-order valence-electron chi connectivity index (χ2n) is 4.06. The Kier molecular flexibility index (Phi) is 7.19. The fourth-order valence-electron chi connectivity index (χ4n) is 1.45. The van der Waals surface area contributed by atoms with Crippen molar-refractivity contribution >= 4 is 21.2 Å². The minimum Gasteiger partial charge on any atom is -0.504 e. The molecule has 0 unspecified atom stereocenters. The SMILES string of the molecule is CC[SiH](CC)OC(=O)N=NC(=O)OCc1ccccc1. The van der Waals surface area contributed by atoms with E-state index in [-0.39, 0.29) is 6.61 Å². The monoisotopic (exact) mass is 294 g/mol. The molecule has 0 atom stereocenters. The Labute approximate surface area is 119 Å². The van der Waals surface area contributed by atoms with E-state index in [2.05, 4.69) is 10.2 Å². The predicted octanol–water partition coefficient (Wildman–Crippen LogP) is 3.68. The molecule has 0 aliphatic rings. The van der Waals surface area contributed by atoms with Crippen LogP contribution in [0.1, 0.15) is 19.4 Å². The van der Waals surface area contributed by atoms with Crippen LogP contribution in [-0.2, 0) is 15.8 Å². The number of rotatable bonds is 5. The lowest BCUT2D eigenvalue weighted by Crippen LogP contribution is -2.18. The molecule has 0 saturated carbocycles. The Morgan fingerprint density at radius 1 is 1.05 bits per heavy atom. The molecule has 20 heavy (non-hydrogen) atoms. The lowest BCUT2D eigenvalue weighted by atomic mass is 10.2. The largest absolute Gasteiger partial charge is 0.504 e. The number of carbonyl (C=O) groups is 2. The third-order valence-corrected chi connectivity index (χ3v) is 4.95. The zero-order valence-corrected chi connectivity index (χ0v) is 12.8. The maximum absolute atomic E-state index is 11.3. The van der Waals surface area contributed by atoms with Crippen LogP contribution in [0.2, 0.25) is 12.1 Å². The Balaban J connectivity index is 2.34. The first-order valence-corrected chi connectivity index (χ1v) is 8.59. The highest BCUT2D eigenvalue weighted by Crippen LogP contribution is 2.04. The first-order chi connectivity index (χ1) is 9.65. The molecule has 2 amide bonds. The maximum atomic E-state index is 11.3. The van der Waals surface area contributed by atoms with Gasteiger partial charge >= 0.3 is 12.2 Å². The van der Waals surface area contributed by atoms with Gasteiger partial charge in [-0.05, 0) is 17.7 Å². The Morgan fingerprint density at radius 2 is 1.65 bits per heavy atom. The average molecular weight is 294 g/mol. The van der Waals surface area contributed by atoms with Crippen LogP contribution in [0.25, 0.3) is 0 Å². The number of carbonyl (C=O) groups excluding carboxylic acids is 2. The first kappa shape index (κ1) is 16.0. The van der Waals surface area contributed by atoms with Crippen LogP contribution >= 0.6 is 0 Å². The molecule has 0 saturated heterocycles. The van der Waals surface area contributed by atoms with Crippen molar-refractivity contribution < 1.29 is 18.8 Å². The van der Waals surface area contributed by atoms with Crippen molar-refractivity contribution in [2.24, 2.45) is 10.2 Å². The Bertz CT molecular complexity index is 461. The number of hydrogen-bond acceptors (Lipinski definition) is 4. The number of nitrogens with zero attached hydrogens (tertiary/aromatic N) is 2. The fourth-order valence-corrected chi connectivity index (χ4v) is 2.69. The fraction of sp³-hybridized carbons (Fsp3) is 0.385. The van der Waals surface area contributed by atoms with Crippen LogP contribution in [-0.4, -0.2) is 21.2 Å². The van der Waals surface area contributed by atoms with Gasteiger partial charge in [-0.2, -0.15) is 0 Å². The van der Waals surface area contributed by atoms with Gasteiger partial charge in [0.1, 0.15) is 6.61 Å². The lowest BCUT2D eigenvalue weighted by molar-refractivity contribution is 0.148. The summed E-state index contributed by atoms with van der Waals surface area (Å²) in [5.41, 5.74) is 0.836. The molecule has 0 bridgehead atoms. The van der Waals surface area contributed by atoms with Crippen molar-refractivity contribution in [1.29, 1.82) is 0 Å². The minimum atomic E-state index is -1.53. The lowest BCUT2D eigenvalue weighted by Gasteiger charge is -2.08. The number of ether oxygens (including phenoxy) is 1. The van der Waals surface area contributed by atoms with Gasteiger partial charge < -0.3 is 9.16 Å². The van der Waals surface area contributed by atoms with E-state index in [4.69, 9.17) is 9.16 Å². The van der Waals surface area contributed by atoms with Crippen LogP contribution in [0.3, 0.4) is 0 Å².